The number of fused-ring (bicyclic) bond motifs is 1. The Bertz CT molecular complexity index is 3780. The van der Waals surface area contributed by atoms with Crippen LogP contribution in [-0.4, -0.2) is 106 Å². The van der Waals surface area contributed by atoms with Gasteiger partial charge in [-0.25, -0.2) is 28.1 Å². The maximum atomic E-state index is 16.7. The molecule has 20 heteroatoms. The number of amides is 2. The van der Waals surface area contributed by atoms with Crippen LogP contribution in [0.1, 0.15) is 78.1 Å². The van der Waals surface area contributed by atoms with E-state index in [1.165, 1.54) is 13.1 Å². The molecule has 3 saturated heterocycles. The average molecular weight is 1130 g/mol. The van der Waals surface area contributed by atoms with Crippen molar-refractivity contribution in [3.8, 4) is 11.1 Å². The summed E-state index contributed by atoms with van der Waals surface area (Å²) in [6.45, 7) is 4.14. The minimum atomic E-state index is -4.27. The van der Waals surface area contributed by atoms with E-state index in [0.717, 1.165) is 33.1 Å². The minimum Gasteiger partial charge on any atom is -0.390 e. The van der Waals surface area contributed by atoms with E-state index in [-0.39, 0.29) is 41.2 Å². The molecule has 82 heavy (non-hydrogen) atoms. The SMILES string of the molecule is CCN(C)S(=O)(=O)Nc1ccc(F)c(C(=O)c2cn(C(c3ccccc3)(c3ccccc3)c3ccccc3)c3ncc(-c4cnc(N5CC6(C5)CC(O)(C5CCN(c7ccc(NC8CCC(=O)NC8=O)cc7F)CC5)C6)nc4)cc23)c1F. The predicted molar refractivity (Wildman–Crippen MR) is 306 cm³/mol. The van der Waals surface area contributed by atoms with Gasteiger partial charge in [0.25, 0.3) is 0 Å². The first-order valence-corrected chi connectivity index (χ1v) is 28.8. The van der Waals surface area contributed by atoms with Gasteiger partial charge in [-0.05, 0) is 91.1 Å². The lowest BCUT2D eigenvalue weighted by atomic mass is 9.51. The Hall–Kier alpha value is -8.46. The zero-order chi connectivity index (χ0) is 57.1. The van der Waals surface area contributed by atoms with Crippen LogP contribution in [0.15, 0.2) is 152 Å². The van der Waals surface area contributed by atoms with Gasteiger partial charge in [-0.1, -0.05) is 97.9 Å². The van der Waals surface area contributed by atoms with E-state index in [2.05, 4.69) is 20.3 Å². The van der Waals surface area contributed by atoms with E-state index in [1.807, 2.05) is 100 Å². The summed E-state index contributed by atoms with van der Waals surface area (Å²) in [6.07, 6.45) is 9.75. The van der Waals surface area contributed by atoms with E-state index in [0.29, 0.717) is 92.4 Å². The number of imide groups is 1. The van der Waals surface area contributed by atoms with Gasteiger partial charge in [-0.3, -0.25) is 24.4 Å². The third-order valence-corrected chi connectivity index (χ3v) is 18.6. The summed E-state index contributed by atoms with van der Waals surface area (Å²) in [4.78, 5) is 57.6. The first-order valence-electron chi connectivity index (χ1n) is 27.4. The van der Waals surface area contributed by atoms with Gasteiger partial charge in [0.05, 0.1) is 28.1 Å². The third-order valence-electron chi connectivity index (χ3n) is 17.0. The lowest BCUT2D eigenvalue weighted by molar-refractivity contribution is -0.177. The normalized spacial score (nSPS) is 18.1. The summed E-state index contributed by atoms with van der Waals surface area (Å²) < 4.78 is 79.6. The highest BCUT2D eigenvalue weighted by Crippen LogP contribution is 2.59. The van der Waals surface area contributed by atoms with Crippen molar-refractivity contribution in [1.82, 2.24) is 29.1 Å². The van der Waals surface area contributed by atoms with E-state index in [4.69, 9.17) is 15.0 Å². The quantitative estimate of drug-likeness (QED) is 0.0408. The number of carbonyl (C=O) groups is 3. The van der Waals surface area contributed by atoms with Crippen LogP contribution in [0.2, 0.25) is 0 Å². The number of aliphatic hydroxyl groups is 1. The molecule has 4 fully saturated rings. The second kappa shape index (κ2) is 21.1. The number of piperidine rings is 2. The van der Waals surface area contributed by atoms with Crippen molar-refractivity contribution in [2.75, 3.05) is 59.6 Å². The fourth-order valence-electron chi connectivity index (χ4n) is 12.9. The average Bonchev–Trinajstić information content (AvgIpc) is 3.27. The summed E-state index contributed by atoms with van der Waals surface area (Å²) in [5.41, 5.74) is 0.893. The summed E-state index contributed by atoms with van der Waals surface area (Å²) in [6, 6.07) is 36.7. The van der Waals surface area contributed by atoms with Gasteiger partial charge in [0.15, 0.2) is 5.82 Å². The Kier molecular flexibility index (Phi) is 14.0. The van der Waals surface area contributed by atoms with Crippen LogP contribution in [0.3, 0.4) is 0 Å². The number of pyridine rings is 1. The molecule has 1 spiro atoms. The van der Waals surface area contributed by atoms with Gasteiger partial charge in [-0.15, -0.1) is 0 Å². The maximum absolute atomic E-state index is 16.7. The van der Waals surface area contributed by atoms with Crippen LogP contribution >= 0.6 is 0 Å². The van der Waals surface area contributed by atoms with Gasteiger partial charge in [0.1, 0.15) is 28.9 Å². The van der Waals surface area contributed by atoms with E-state index in [9.17, 15) is 23.1 Å². The summed E-state index contributed by atoms with van der Waals surface area (Å²) in [5, 5.41) is 17.5. The van der Waals surface area contributed by atoms with E-state index >= 15 is 18.0 Å². The van der Waals surface area contributed by atoms with Crippen molar-refractivity contribution < 1.29 is 41.1 Å². The predicted octanol–water partition coefficient (Wildman–Crippen LogP) is 9.06. The number of ketones is 1. The molecule has 1 saturated carbocycles. The van der Waals surface area contributed by atoms with Crippen LogP contribution in [0.4, 0.5) is 36.2 Å². The fraction of sp³-hybridized carbons (Fsp3) is 0.290. The Labute approximate surface area is 472 Å². The van der Waals surface area contributed by atoms with Crippen LogP contribution in [-0.2, 0) is 25.3 Å². The van der Waals surface area contributed by atoms with E-state index < -0.39 is 67.8 Å². The monoisotopic (exact) mass is 1130 g/mol. The molecule has 4 aliphatic rings. The Morgan fingerprint density at radius 1 is 0.780 bits per heavy atom. The second-order valence-electron chi connectivity index (χ2n) is 22.1. The molecule has 420 valence electrons. The molecule has 8 aromatic rings. The number of anilines is 4. The number of aromatic nitrogens is 4. The maximum Gasteiger partial charge on any atom is 0.301 e. The highest BCUT2D eigenvalue weighted by atomic mass is 32.2. The zero-order valence-electron chi connectivity index (χ0n) is 45.0. The molecule has 1 atom stereocenters. The molecular formula is C62H59F3N10O6S. The Morgan fingerprint density at radius 3 is 1.98 bits per heavy atom. The lowest BCUT2D eigenvalue weighted by Crippen LogP contribution is -2.70. The number of rotatable bonds is 16. The third kappa shape index (κ3) is 9.60. The van der Waals surface area contributed by atoms with Crippen LogP contribution in [0.25, 0.3) is 22.2 Å². The number of nitrogens with zero attached hydrogens (tertiary/aromatic N) is 7. The van der Waals surface area contributed by atoms with Crippen molar-refractivity contribution in [2.45, 2.75) is 62.6 Å². The van der Waals surface area contributed by atoms with Gasteiger partial charge >= 0.3 is 10.2 Å². The van der Waals surface area contributed by atoms with Crippen LogP contribution < -0.4 is 25.2 Å². The summed E-state index contributed by atoms with van der Waals surface area (Å²) in [7, 11) is -2.97. The minimum absolute atomic E-state index is 0.0532. The zero-order valence-corrected chi connectivity index (χ0v) is 45.8. The number of halogens is 3. The van der Waals surface area contributed by atoms with E-state index in [1.54, 1.807) is 49.9 Å². The molecule has 1 aliphatic carbocycles. The molecule has 0 radical (unpaired) electrons. The fourth-order valence-corrected chi connectivity index (χ4v) is 13.8. The highest BCUT2D eigenvalue weighted by molar-refractivity contribution is 7.90. The second-order valence-corrected chi connectivity index (χ2v) is 23.9. The molecule has 5 aromatic carbocycles. The molecule has 12 rings (SSSR count). The van der Waals surface area contributed by atoms with Crippen molar-refractivity contribution >= 4 is 61.9 Å². The van der Waals surface area contributed by atoms with Gasteiger partial charge < -0.3 is 24.8 Å². The molecule has 2 amide bonds. The van der Waals surface area contributed by atoms with Gasteiger partial charge in [0, 0.05) is 98.6 Å². The standard InChI is InChI=1S/C62H59F3N10O6S/c1-3-72(2)82(80,81)71-50-21-20-48(63)54(55(50)65)56(77)47-34-75(62(42-13-7-4-8-14-42,43-15-9-5-10-16-43)44-17-11-6-12-18-44)57-46(47)29-39(31-66-57)40-32-67-59(68-33-40)74-37-60(38-74)35-61(79,36-60)41-25-27-73(28-26-41)52-23-19-45(30-49(52)64)69-51-22-24-53(76)70-58(51)78/h4-21,23,29-34,41,51,69,71,79H,3,22,24-28,35-38H2,1-2H3,(H,70,76,78). The van der Waals surface area contributed by atoms with Crippen LogP contribution in [0, 0.1) is 28.8 Å². The number of nitrogens with one attached hydrogen (secondary N) is 3. The van der Waals surface area contributed by atoms with Crippen molar-refractivity contribution in [1.29, 1.82) is 0 Å². The molecule has 6 heterocycles. The number of carbonyl (C=O) groups excluding carboxylic acids is 3. The first-order chi connectivity index (χ1) is 39.5. The van der Waals surface area contributed by atoms with Crippen molar-refractivity contribution in [3.05, 3.63) is 197 Å². The summed E-state index contributed by atoms with van der Waals surface area (Å²) >= 11 is 0. The number of benzene rings is 5. The molecule has 16 nitrogen and oxygen atoms in total. The lowest BCUT2D eigenvalue weighted by Gasteiger charge is -2.64. The van der Waals surface area contributed by atoms with Crippen LogP contribution in [0.5, 0.6) is 0 Å². The molecule has 4 N–H and O–H groups in total. The largest absolute Gasteiger partial charge is 0.390 e. The smallest absolute Gasteiger partial charge is 0.301 e. The highest BCUT2D eigenvalue weighted by Gasteiger charge is 2.62. The molecule has 1 unspecified atom stereocenters. The Balaban J connectivity index is 0.802. The first kappa shape index (κ1) is 54.1. The Morgan fingerprint density at radius 2 is 1.39 bits per heavy atom. The van der Waals surface area contributed by atoms with Gasteiger partial charge in [-0.2, -0.15) is 12.7 Å². The number of hydrogen-bond acceptors (Lipinski definition) is 12. The van der Waals surface area contributed by atoms with Gasteiger partial charge in [0.2, 0.25) is 23.5 Å². The molecular weight excluding hydrogens is 1070 g/mol. The molecule has 3 aromatic heterocycles. The molecule has 0 bridgehead atoms. The topological polar surface area (TPSA) is 195 Å². The van der Waals surface area contributed by atoms with Crippen molar-refractivity contribution in [3.63, 3.8) is 0 Å². The van der Waals surface area contributed by atoms with Crippen molar-refractivity contribution in [2.24, 2.45) is 11.3 Å². The summed E-state index contributed by atoms with van der Waals surface area (Å²) in [5.74, 6) is -4.21. The number of hydrogen-bond donors (Lipinski definition) is 4. The molecule has 3 aliphatic heterocycles.